The van der Waals surface area contributed by atoms with Crippen LogP contribution in [0.5, 0.6) is 11.5 Å². The number of carbonyl (C=O) groups is 1. The number of nitrogens with zero attached hydrogens (tertiary/aromatic N) is 4. The molecule has 2 saturated heterocycles. The third-order valence-corrected chi connectivity index (χ3v) is 6.99. The molecule has 3 aliphatic rings. The minimum absolute atomic E-state index is 0.305. The van der Waals surface area contributed by atoms with Crippen molar-refractivity contribution in [1.29, 1.82) is 0 Å². The smallest absolute Gasteiger partial charge is 0.222 e. The molecule has 2 fully saturated rings. The van der Waals surface area contributed by atoms with Crippen LogP contribution in [0.4, 0.5) is 5.82 Å². The zero-order valence-corrected chi connectivity index (χ0v) is 19.3. The molecule has 7 nitrogen and oxygen atoms in total. The maximum atomic E-state index is 12.8. The molecule has 7 heteroatoms. The molecule has 0 radical (unpaired) electrons. The summed E-state index contributed by atoms with van der Waals surface area (Å²) in [5.74, 6) is 3.61. The number of aromatic nitrogens is 1. The van der Waals surface area contributed by atoms with Crippen LogP contribution in [0.3, 0.4) is 0 Å². The number of anilines is 1. The van der Waals surface area contributed by atoms with Crippen LogP contribution in [-0.2, 0) is 11.3 Å². The summed E-state index contributed by atoms with van der Waals surface area (Å²) in [6.07, 6.45) is 5.89. The molecule has 0 saturated carbocycles. The summed E-state index contributed by atoms with van der Waals surface area (Å²) in [5.41, 5.74) is 1.27. The van der Waals surface area contributed by atoms with Crippen molar-refractivity contribution in [3.8, 4) is 11.5 Å². The maximum Gasteiger partial charge on any atom is 0.222 e. The molecule has 0 aliphatic carbocycles. The largest absolute Gasteiger partial charge is 0.486 e. The van der Waals surface area contributed by atoms with Gasteiger partial charge in [-0.05, 0) is 61.6 Å². The first-order valence-electron chi connectivity index (χ1n) is 12.3. The molecule has 4 heterocycles. The topological polar surface area (TPSA) is 58.1 Å². The number of rotatable bonds is 6. The molecule has 0 unspecified atom stereocenters. The fourth-order valence-electron chi connectivity index (χ4n) is 5.19. The van der Waals surface area contributed by atoms with Gasteiger partial charge in [-0.1, -0.05) is 12.1 Å². The highest BCUT2D eigenvalue weighted by Gasteiger charge is 2.25. The Hall–Kier alpha value is -2.80. The molecule has 5 rings (SSSR count). The summed E-state index contributed by atoms with van der Waals surface area (Å²) in [5, 5.41) is 0. The second kappa shape index (κ2) is 10.4. The Balaban J connectivity index is 1.06. The quantitative estimate of drug-likeness (QED) is 0.674. The van der Waals surface area contributed by atoms with Crippen LogP contribution in [-0.4, -0.2) is 73.2 Å². The monoisotopic (exact) mass is 450 g/mol. The summed E-state index contributed by atoms with van der Waals surface area (Å²) in [4.78, 5) is 24.1. The predicted octanol–water partition coefficient (Wildman–Crippen LogP) is 3.19. The highest BCUT2D eigenvalue weighted by Crippen LogP contribution is 2.32. The van der Waals surface area contributed by atoms with Gasteiger partial charge in [0.1, 0.15) is 19.0 Å². The molecule has 1 amide bonds. The number of amides is 1. The third-order valence-electron chi connectivity index (χ3n) is 6.99. The van der Waals surface area contributed by atoms with Crippen molar-refractivity contribution in [1.82, 2.24) is 14.8 Å². The van der Waals surface area contributed by atoms with E-state index in [0.29, 0.717) is 31.5 Å². The third kappa shape index (κ3) is 5.58. The second-order valence-electron chi connectivity index (χ2n) is 9.32. The van der Waals surface area contributed by atoms with Crippen LogP contribution >= 0.6 is 0 Å². The normalized spacial score (nSPS) is 21.2. The van der Waals surface area contributed by atoms with Crippen LogP contribution < -0.4 is 14.4 Å². The molecule has 0 spiro atoms. The lowest BCUT2D eigenvalue weighted by Crippen LogP contribution is -2.49. The molecule has 1 atom stereocenters. The lowest BCUT2D eigenvalue weighted by atomic mass is 9.92. The molecule has 3 aliphatic heterocycles. The Morgan fingerprint density at radius 1 is 1.00 bits per heavy atom. The minimum Gasteiger partial charge on any atom is -0.486 e. The lowest BCUT2D eigenvalue weighted by molar-refractivity contribution is -0.131. The summed E-state index contributed by atoms with van der Waals surface area (Å²) in [6, 6.07) is 12.3. The van der Waals surface area contributed by atoms with E-state index in [1.165, 1.54) is 18.4 Å². The fraction of sp³-hybridized carbons (Fsp3) is 0.538. The number of hydrogen-bond donors (Lipinski definition) is 0. The molecule has 0 bridgehead atoms. The molecule has 1 aromatic carbocycles. The molecular formula is C26H34N4O3. The van der Waals surface area contributed by atoms with E-state index in [9.17, 15) is 4.79 Å². The highest BCUT2D eigenvalue weighted by atomic mass is 16.6. The van der Waals surface area contributed by atoms with Gasteiger partial charge in [0.2, 0.25) is 5.91 Å². The highest BCUT2D eigenvalue weighted by molar-refractivity contribution is 5.76. The number of carbonyl (C=O) groups excluding carboxylic acids is 1. The Kier molecular flexibility index (Phi) is 6.95. The van der Waals surface area contributed by atoms with E-state index in [2.05, 4.69) is 26.9 Å². The van der Waals surface area contributed by atoms with Crippen LogP contribution in [0.25, 0.3) is 0 Å². The van der Waals surface area contributed by atoms with E-state index in [1.807, 2.05) is 35.4 Å². The average molecular weight is 451 g/mol. The molecule has 2 aromatic rings. The number of ether oxygens (including phenoxy) is 2. The number of fused-ring (bicyclic) bond motifs is 1. The standard InChI is InChI=1S/C26H34N4O3/c31-26(30-14-12-29(13-15-30)25-5-1-2-10-27-25)9-7-21-4-3-11-28(19-21)20-22-6-8-23-24(18-22)33-17-16-32-23/h1-2,5-6,8,10,18,21H,3-4,7,9,11-17,19-20H2/t21-/m1/s1. The molecule has 0 N–H and O–H groups in total. The average Bonchev–Trinajstić information content (AvgIpc) is 2.88. The Morgan fingerprint density at radius 2 is 1.85 bits per heavy atom. The zero-order valence-electron chi connectivity index (χ0n) is 19.3. The number of pyridine rings is 1. The summed E-state index contributed by atoms with van der Waals surface area (Å²) in [6.45, 7) is 7.64. The van der Waals surface area contributed by atoms with E-state index in [0.717, 1.165) is 69.6 Å². The van der Waals surface area contributed by atoms with Crippen LogP contribution in [0, 0.1) is 5.92 Å². The lowest BCUT2D eigenvalue weighted by Gasteiger charge is -2.36. The molecule has 33 heavy (non-hydrogen) atoms. The zero-order chi connectivity index (χ0) is 22.5. The van der Waals surface area contributed by atoms with Gasteiger partial charge in [0.15, 0.2) is 11.5 Å². The van der Waals surface area contributed by atoms with E-state index < -0.39 is 0 Å². The van der Waals surface area contributed by atoms with Gasteiger partial charge in [-0.3, -0.25) is 9.69 Å². The second-order valence-corrected chi connectivity index (χ2v) is 9.32. The van der Waals surface area contributed by atoms with E-state index >= 15 is 0 Å². The summed E-state index contributed by atoms with van der Waals surface area (Å²) in [7, 11) is 0. The van der Waals surface area contributed by atoms with Crippen molar-refractivity contribution in [2.45, 2.75) is 32.2 Å². The van der Waals surface area contributed by atoms with Crippen molar-refractivity contribution in [3.05, 3.63) is 48.2 Å². The van der Waals surface area contributed by atoms with Gasteiger partial charge >= 0.3 is 0 Å². The molecular weight excluding hydrogens is 416 g/mol. The van der Waals surface area contributed by atoms with Crippen molar-refractivity contribution < 1.29 is 14.3 Å². The maximum absolute atomic E-state index is 12.8. The van der Waals surface area contributed by atoms with Gasteiger partial charge in [-0.15, -0.1) is 0 Å². The fourth-order valence-corrected chi connectivity index (χ4v) is 5.19. The van der Waals surface area contributed by atoms with Crippen LogP contribution in [0.1, 0.15) is 31.2 Å². The summed E-state index contributed by atoms with van der Waals surface area (Å²) < 4.78 is 11.4. The van der Waals surface area contributed by atoms with E-state index in [4.69, 9.17) is 9.47 Å². The Labute approximate surface area is 196 Å². The van der Waals surface area contributed by atoms with Gasteiger partial charge in [-0.2, -0.15) is 0 Å². The van der Waals surface area contributed by atoms with Gasteiger partial charge < -0.3 is 19.3 Å². The Bertz CT molecular complexity index is 930. The molecule has 1 aromatic heterocycles. The number of benzene rings is 1. The molecule has 176 valence electrons. The van der Waals surface area contributed by atoms with Gasteiger partial charge in [-0.25, -0.2) is 4.98 Å². The first-order valence-corrected chi connectivity index (χ1v) is 12.3. The van der Waals surface area contributed by atoms with Crippen molar-refractivity contribution in [2.75, 3.05) is 57.4 Å². The first-order chi connectivity index (χ1) is 16.2. The number of likely N-dealkylation sites (tertiary alicyclic amines) is 1. The van der Waals surface area contributed by atoms with Crippen molar-refractivity contribution >= 4 is 11.7 Å². The Morgan fingerprint density at radius 3 is 2.67 bits per heavy atom. The van der Waals surface area contributed by atoms with Crippen molar-refractivity contribution in [3.63, 3.8) is 0 Å². The predicted molar refractivity (Wildman–Crippen MR) is 128 cm³/mol. The van der Waals surface area contributed by atoms with E-state index in [1.54, 1.807) is 0 Å². The first kappa shape index (κ1) is 22.0. The van der Waals surface area contributed by atoms with Crippen molar-refractivity contribution in [2.24, 2.45) is 5.92 Å². The van der Waals surface area contributed by atoms with Gasteiger partial charge in [0.05, 0.1) is 0 Å². The number of piperidine rings is 1. The van der Waals surface area contributed by atoms with Crippen LogP contribution in [0.15, 0.2) is 42.6 Å². The van der Waals surface area contributed by atoms with Crippen LogP contribution in [0.2, 0.25) is 0 Å². The summed E-state index contributed by atoms with van der Waals surface area (Å²) >= 11 is 0. The van der Waals surface area contributed by atoms with Gasteiger partial charge in [0, 0.05) is 51.9 Å². The number of piperazine rings is 1. The number of hydrogen-bond acceptors (Lipinski definition) is 6. The van der Waals surface area contributed by atoms with E-state index in [-0.39, 0.29) is 0 Å². The SMILES string of the molecule is O=C(CC[C@H]1CCCN(Cc2ccc3c(c2)OCCO3)C1)N1CCN(c2ccccn2)CC1. The minimum atomic E-state index is 0.305. The van der Waals surface area contributed by atoms with Gasteiger partial charge in [0.25, 0.3) is 0 Å².